The van der Waals surface area contributed by atoms with E-state index in [1.54, 1.807) is 24.3 Å². The van der Waals surface area contributed by atoms with Crippen LogP contribution in [0.4, 0.5) is 0 Å². The smallest absolute Gasteiger partial charge is 0.336 e. The van der Waals surface area contributed by atoms with Gasteiger partial charge in [0.15, 0.2) is 5.82 Å². The van der Waals surface area contributed by atoms with E-state index in [4.69, 9.17) is 5.11 Å². The van der Waals surface area contributed by atoms with Gasteiger partial charge in [-0.2, -0.15) is 5.10 Å². The Kier molecular flexibility index (Phi) is 2.18. The summed E-state index contributed by atoms with van der Waals surface area (Å²) in [6.07, 6.45) is 2.27. The summed E-state index contributed by atoms with van der Waals surface area (Å²) in [5, 5.41) is 16.1. The third-order valence-corrected chi connectivity index (χ3v) is 2.87. The number of hydrogen-bond donors (Lipinski definition) is 2. The Labute approximate surface area is 97.5 Å². The Hall–Kier alpha value is -2.17. The highest BCUT2D eigenvalue weighted by Crippen LogP contribution is 2.38. The summed E-state index contributed by atoms with van der Waals surface area (Å²) in [5.74, 6) is 0.844. The van der Waals surface area contributed by atoms with Gasteiger partial charge >= 0.3 is 5.97 Å². The number of aromatic nitrogens is 3. The number of aromatic amines is 1. The maximum Gasteiger partial charge on any atom is 0.336 e. The van der Waals surface area contributed by atoms with Gasteiger partial charge in [-0.15, -0.1) is 0 Å². The van der Waals surface area contributed by atoms with Crippen LogP contribution in [0.25, 0.3) is 11.4 Å². The average Bonchev–Trinajstić information content (AvgIpc) is 3.07. The van der Waals surface area contributed by atoms with Gasteiger partial charge in [-0.25, -0.2) is 9.78 Å². The molecular formula is C12H11N3O2. The molecule has 5 nitrogen and oxygen atoms in total. The number of carboxylic acid groups (broad SMARTS) is 1. The van der Waals surface area contributed by atoms with E-state index in [0.717, 1.165) is 18.7 Å². The minimum absolute atomic E-state index is 0.230. The van der Waals surface area contributed by atoms with Crippen molar-refractivity contribution in [3.8, 4) is 11.4 Å². The molecule has 86 valence electrons. The molecule has 0 spiro atoms. The molecule has 0 amide bonds. The lowest BCUT2D eigenvalue weighted by atomic mass is 10.1. The van der Waals surface area contributed by atoms with Crippen LogP contribution in [0.15, 0.2) is 24.3 Å². The van der Waals surface area contributed by atoms with Crippen LogP contribution >= 0.6 is 0 Å². The lowest BCUT2D eigenvalue weighted by Crippen LogP contribution is -1.99. The van der Waals surface area contributed by atoms with E-state index in [9.17, 15) is 4.79 Å². The third-order valence-electron chi connectivity index (χ3n) is 2.87. The monoisotopic (exact) mass is 229 g/mol. The van der Waals surface area contributed by atoms with E-state index in [-0.39, 0.29) is 5.56 Å². The second kappa shape index (κ2) is 3.69. The number of H-pyrrole nitrogens is 1. The van der Waals surface area contributed by atoms with Crippen molar-refractivity contribution in [3.05, 3.63) is 35.7 Å². The molecule has 2 N–H and O–H groups in total. The topological polar surface area (TPSA) is 78.9 Å². The Morgan fingerprint density at radius 1 is 1.35 bits per heavy atom. The van der Waals surface area contributed by atoms with E-state index in [0.29, 0.717) is 17.3 Å². The number of nitrogens with one attached hydrogen (secondary N) is 1. The zero-order valence-electron chi connectivity index (χ0n) is 9.05. The zero-order chi connectivity index (χ0) is 11.8. The summed E-state index contributed by atoms with van der Waals surface area (Å²) in [7, 11) is 0. The number of aromatic carboxylic acids is 1. The van der Waals surface area contributed by atoms with Crippen LogP contribution in [0.5, 0.6) is 0 Å². The van der Waals surface area contributed by atoms with Crippen molar-refractivity contribution in [2.75, 3.05) is 0 Å². The number of carboxylic acids is 1. The fourth-order valence-corrected chi connectivity index (χ4v) is 1.80. The van der Waals surface area contributed by atoms with Gasteiger partial charge in [0.05, 0.1) is 5.56 Å². The molecule has 17 heavy (non-hydrogen) atoms. The Balaban J connectivity index is 2.04. The molecule has 0 saturated heterocycles. The average molecular weight is 229 g/mol. The third kappa shape index (κ3) is 1.80. The maximum atomic E-state index is 11.1. The van der Waals surface area contributed by atoms with Crippen LogP contribution in [0.1, 0.15) is 34.9 Å². The van der Waals surface area contributed by atoms with Crippen LogP contribution in [-0.2, 0) is 0 Å². The van der Waals surface area contributed by atoms with Crippen LogP contribution < -0.4 is 0 Å². The fourth-order valence-electron chi connectivity index (χ4n) is 1.80. The summed E-state index contributed by atoms with van der Waals surface area (Å²) in [4.78, 5) is 15.4. The number of rotatable bonds is 3. The summed E-state index contributed by atoms with van der Waals surface area (Å²) in [5.41, 5.74) is 0.789. The standard InChI is InChI=1S/C12H11N3O2/c16-12(17)9-4-2-1-3-8(9)11-13-10(14-15-11)7-5-6-7/h1-4,7H,5-6H2,(H,16,17)(H,13,14,15). The molecule has 1 saturated carbocycles. The molecule has 5 heteroatoms. The van der Waals surface area contributed by atoms with Gasteiger partial charge in [0.1, 0.15) is 5.82 Å². The highest BCUT2D eigenvalue weighted by Gasteiger charge is 2.27. The van der Waals surface area contributed by atoms with Gasteiger partial charge in [-0.05, 0) is 18.9 Å². The number of nitrogens with zero attached hydrogens (tertiary/aromatic N) is 2. The second-order valence-corrected chi connectivity index (χ2v) is 4.17. The molecule has 1 heterocycles. The molecule has 1 aromatic carbocycles. The van der Waals surface area contributed by atoms with Crippen molar-refractivity contribution < 1.29 is 9.90 Å². The molecule has 0 unspecified atom stereocenters. The van der Waals surface area contributed by atoms with E-state index in [1.165, 1.54) is 0 Å². The van der Waals surface area contributed by atoms with Crippen LogP contribution in [0.3, 0.4) is 0 Å². The summed E-state index contributed by atoms with van der Waals surface area (Å²) < 4.78 is 0. The SMILES string of the molecule is O=C(O)c1ccccc1-c1n[nH]c(C2CC2)n1. The van der Waals surface area contributed by atoms with Crippen LogP contribution in [-0.4, -0.2) is 26.3 Å². The molecule has 3 rings (SSSR count). The van der Waals surface area contributed by atoms with Crippen molar-refractivity contribution in [2.24, 2.45) is 0 Å². The van der Waals surface area contributed by atoms with Crippen LogP contribution in [0, 0.1) is 0 Å². The Bertz CT molecular complexity index is 573. The first kappa shape index (κ1) is 10.0. The largest absolute Gasteiger partial charge is 0.478 e. The van der Waals surface area contributed by atoms with Gasteiger partial charge in [-0.3, -0.25) is 5.10 Å². The van der Waals surface area contributed by atoms with Gasteiger partial charge in [0.25, 0.3) is 0 Å². The molecule has 1 fully saturated rings. The number of carbonyl (C=O) groups is 1. The minimum atomic E-state index is -0.960. The second-order valence-electron chi connectivity index (χ2n) is 4.17. The highest BCUT2D eigenvalue weighted by atomic mass is 16.4. The van der Waals surface area contributed by atoms with Crippen molar-refractivity contribution in [2.45, 2.75) is 18.8 Å². The minimum Gasteiger partial charge on any atom is -0.478 e. The summed E-state index contributed by atoms with van der Waals surface area (Å²) >= 11 is 0. The van der Waals surface area contributed by atoms with E-state index < -0.39 is 5.97 Å². The predicted octanol–water partition coefficient (Wildman–Crippen LogP) is 2.05. The fraction of sp³-hybridized carbons (Fsp3) is 0.250. The first-order valence-electron chi connectivity index (χ1n) is 5.50. The summed E-state index contributed by atoms with van der Waals surface area (Å²) in [6, 6.07) is 6.77. The zero-order valence-corrected chi connectivity index (χ0v) is 9.05. The Morgan fingerprint density at radius 3 is 2.82 bits per heavy atom. The number of hydrogen-bond acceptors (Lipinski definition) is 3. The molecule has 2 aromatic rings. The van der Waals surface area contributed by atoms with Crippen molar-refractivity contribution in [1.82, 2.24) is 15.2 Å². The normalized spacial score (nSPS) is 14.8. The predicted molar refractivity (Wildman–Crippen MR) is 60.8 cm³/mol. The van der Waals surface area contributed by atoms with Gasteiger partial charge in [0.2, 0.25) is 0 Å². The molecule has 0 radical (unpaired) electrons. The molecule has 0 bridgehead atoms. The maximum absolute atomic E-state index is 11.1. The molecule has 1 aliphatic carbocycles. The van der Waals surface area contributed by atoms with Gasteiger partial charge < -0.3 is 5.11 Å². The molecular weight excluding hydrogens is 218 g/mol. The molecule has 1 aliphatic rings. The molecule has 0 atom stereocenters. The molecule has 0 aliphatic heterocycles. The quantitative estimate of drug-likeness (QED) is 0.844. The van der Waals surface area contributed by atoms with E-state index in [2.05, 4.69) is 15.2 Å². The first-order valence-corrected chi connectivity index (χ1v) is 5.50. The highest BCUT2D eigenvalue weighted by molar-refractivity contribution is 5.94. The lowest BCUT2D eigenvalue weighted by Gasteiger charge is -2.00. The van der Waals surface area contributed by atoms with Crippen LogP contribution in [0.2, 0.25) is 0 Å². The van der Waals surface area contributed by atoms with Crippen molar-refractivity contribution in [3.63, 3.8) is 0 Å². The first-order chi connectivity index (χ1) is 8.25. The lowest BCUT2D eigenvalue weighted by molar-refractivity contribution is 0.0697. The molecule has 1 aromatic heterocycles. The van der Waals surface area contributed by atoms with Crippen molar-refractivity contribution >= 4 is 5.97 Å². The summed E-state index contributed by atoms with van der Waals surface area (Å²) in [6.45, 7) is 0. The van der Waals surface area contributed by atoms with Crippen molar-refractivity contribution in [1.29, 1.82) is 0 Å². The van der Waals surface area contributed by atoms with Gasteiger partial charge in [-0.1, -0.05) is 18.2 Å². The van der Waals surface area contributed by atoms with E-state index >= 15 is 0 Å². The Morgan fingerprint density at radius 2 is 2.12 bits per heavy atom. The number of benzene rings is 1. The van der Waals surface area contributed by atoms with Gasteiger partial charge in [0, 0.05) is 11.5 Å². The van der Waals surface area contributed by atoms with E-state index in [1.807, 2.05) is 0 Å².